The van der Waals surface area contributed by atoms with Crippen LogP contribution < -0.4 is 5.32 Å². The van der Waals surface area contributed by atoms with E-state index in [4.69, 9.17) is 0 Å². The first-order valence-corrected chi connectivity index (χ1v) is 8.77. The summed E-state index contributed by atoms with van der Waals surface area (Å²) in [5.74, 6) is -0.513. The van der Waals surface area contributed by atoms with Crippen molar-refractivity contribution in [2.75, 3.05) is 11.9 Å². The second-order valence-corrected chi connectivity index (χ2v) is 6.53. The number of pyridine rings is 1. The number of anilines is 1. The lowest BCUT2D eigenvalue weighted by Gasteiger charge is -2.16. The highest BCUT2D eigenvalue weighted by Gasteiger charge is 2.34. The summed E-state index contributed by atoms with van der Waals surface area (Å²) in [6, 6.07) is 13.1. The molecule has 2 amide bonds. The van der Waals surface area contributed by atoms with Crippen LogP contribution in [-0.2, 0) is 16.1 Å². The number of likely N-dealkylation sites (tertiary alicyclic amines) is 1. The number of amides is 2. The average Bonchev–Trinajstić information content (AvgIpc) is 3.34. The Labute approximate surface area is 156 Å². The Balaban J connectivity index is 1.40. The minimum Gasteiger partial charge on any atom is -0.337 e. The van der Waals surface area contributed by atoms with Crippen LogP contribution in [0.15, 0.2) is 67.3 Å². The lowest BCUT2D eigenvalue weighted by Crippen LogP contribution is -2.28. The lowest BCUT2D eigenvalue weighted by atomic mass is 10.1. The van der Waals surface area contributed by atoms with Crippen LogP contribution in [0.1, 0.15) is 12.0 Å². The van der Waals surface area contributed by atoms with Crippen LogP contribution in [0.5, 0.6) is 0 Å². The molecule has 3 heterocycles. The van der Waals surface area contributed by atoms with Gasteiger partial charge < -0.3 is 10.2 Å². The number of aromatic nitrogens is 3. The molecule has 1 fully saturated rings. The molecule has 0 aliphatic carbocycles. The Bertz CT molecular complexity index is 940. The van der Waals surface area contributed by atoms with Crippen LogP contribution in [0.3, 0.4) is 0 Å². The van der Waals surface area contributed by atoms with Gasteiger partial charge in [-0.05, 0) is 35.9 Å². The van der Waals surface area contributed by atoms with Crippen molar-refractivity contribution in [3.8, 4) is 5.69 Å². The van der Waals surface area contributed by atoms with Gasteiger partial charge in [0, 0.05) is 50.0 Å². The van der Waals surface area contributed by atoms with Crippen molar-refractivity contribution in [3.05, 3.63) is 72.8 Å². The van der Waals surface area contributed by atoms with E-state index in [9.17, 15) is 9.59 Å². The first-order valence-electron chi connectivity index (χ1n) is 8.77. The van der Waals surface area contributed by atoms with E-state index in [0.717, 1.165) is 11.3 Å². The molecular formula is C20H19N5O2. The fourth-order valence-corrected chi connectivity index (χ4v) is 3.20. The molecule has 0 saturated carbocycles. The smallest absolute Gasteiger partial charge is 0.229 e. The molecule has 1 saturated heterocycles. The maximum absolute atomic E-state index is 12.6. The molecule has 1 aromatic carbocycles. The number of rotatable bonds is 5. The topological polar surface area (TPSA) is 80.1 Å². The van der Waals surface area contributed by atoms with E-state index in [-0.39, 0.29) is 24.2 Å². The minimum atomic E-state index is -0.359. The van der Waals surface area contributed by atoms with Crippen LogP contribution in [0.25, 0.3) is 5.69 Å². The van der Waals surface area contributed by atoms with Crippen LogP contribution in [0, 0.1) is 5.92 Å². The molecule has 1 aliphatic rings. The van der Waals surface area contributed by atoms with Crippen molar-refractivity contribution >= 4 is 17.5 Å². The van der Waals surface area contributed by atoms with Crippen LogP contribution in [0.2, 0.25) is 0 Å². The average molecular weight is 361 g/mol. The third-order valence-electron chi connectivity index (χ3n) is 4.56. The fraction of sp³-hybridized carbons (Fsp3) is 0.200. The molecule has 4 rings (SSSR count). The quantitative estimate of drug-likeness (QED) is 0.756. The number of nitrogens with one attached hydrogen (secondary N) is 1. The Hall–Kier alpha value is -3.48. The van der Waals surface area contributed by atoms with Gasteiger partial charge in [-0.3, -0.25) is 14.6 Å². The fourth-order valence-electron chi connectivity index (χ4n) is 3.20. The summed E-state index contributed by atoms with van der Waals surface area (Å²) >= 11 is 0. The van der Waals surface area contributed by atoms with Crippen LogP contribution in [-0.4, -0.2) is 38.0 Å². The van der Waals surface area contributed by atoms with Crippen LogP contribution in [0.4, 0.5) is 5.69 Å². The van der Waals surface area contributed by atoms with Gasteiger partial charge >= 0.3 is 0 Å². The molecule has 1 aliphatic heterocycles. The van der Waals surface area contributed by atoms with Gasteiger partial charge in [0.15, 0.2) is 0 Å². The monoisotopic (exact) mass is 361 g/mol. The standard InChI is InChI=1S/C20H19N5O2/c26-19-10-16(14-24(19)13-15-4-2-7-21-12-15)20(27)23-17-5-1-6-18(11-17)25-9-3-8-22-25/h1-9,11-12,16H,10,13-14H2,(H,23,27). The maximum atomic E-state index is 12.6. The summed E-state index contributed by atoms with van der Waals surface area (Å²) in [4.78, 5) is 30.7. The molecule has 0 spiro atoms. The van der Waals surface area contributed by atoms with Gasteiger partial charge in [-0.15, -0.1) is 0 Å². The number of nitrogens with zero attached hydrogens (tertiary/aromatic N) is 4. The molecule has 27 heavy (non-hydrogen) atoms. The highest BCUT2D eigenvalue weighted by atomic mass is 16.2. The molecule has 1 atom stereocenters. The van der Waals surface area contributed by atoms with Crippen molar-refractivity contribution in [2.24, 2.45) is 5.92 Å². The zero-order valence-corrected chi connectivity index (χ0v) is 14.7. The second-order valence-electron chi connectivity index (χ2n) is 6.53. The summed E-state index contributed by atoms with van der Waals surface area (Å²) in [6.07, 6.45) is 7.20. The largest absolute Gasteiger partial charge is 0.337 e. The van der Waals surface area contributed by atoms with E-state index in [2.05, 4.69) is 15.4 Å². The molecule has 1 N–H and O–H groups in total. The van der Waals surface area contributed by atoms with Crippen molar-refractivity contribution < 1.29 is 9.59 Å². The predicted molar refractivity (Wildman–Crippen MR) is 100.0 cm³/mol. The minimum absolute atomic E-state index is 0.00991. The summed E-state index contributed by atoms with van der Waals surface area (Å²) in [6.45, 7) is 0.893. The number of hydrogen-bond acceptors (Lipinski definition) is 4. The summed E-state index contributed by atoms with van der Waals surface area (Å²) in [5.41, 5.74) is 2.50. The van der Waals surface area contributed by atoms with Crippen molar-refractivity contribution in [2.45, 2.75) is 13.0 Å². The van der Waals surface area contributed by atoms with Gasteiger partial charge in [-0.2, -0.15) is 5.10 Å². The highest BCUT2D eigenvalue weighted by Crippen LogP contribution is 2.22. The normalized spacial score (nSPS) is 16.5. The van der Waals surface area contributed by atoms with E-state index < -0.39 is 0 Å². The number of benzene rings is 1. The molecule has 0 radical (unpaired) electrons. The molecule has 7 nitrogen and oxygen atoms in total. The van der Waals surface area contributed by atoms with E-state index in [1.54, 1.807) is 28.2 Å². The Morgan fingerprint density at radius 1 is 1.19 bits per heavy atom. The number of hydrogen-bond donors (Lipinski definition) is 1. The maximum Gasteiger partial charge on any atom is 0.229 e. The molecule has 2 aromatic heterocycles. The molecule has 7 heteroatoms. The van der Waals surface area contributed by atoms with E-state index in [0.29, 0.717) is 18.8 Å². The third kappa shape index (κ3) is 3.87. The summed E-state index contributed by atoms with van der Waals surface area (Å²) < 4.78 is 1.73. The van der Waals surface area contributed by atoms with Crippen molar-refractivity contribution in [3.63, 3.8) is 0 Å². The van der Waals surface area contributed by atoms with Gasteiger partial charge in [0.05, 0.1) is 11.6 Å². The van der Waals surface area contributed by atoms with Gasteiger partial charge in [-0.25, -0.2) is 4.68 Å². The van der Waals surface area contributed by atoms with E-state index in [1.807, 2.05) is 48.7 Å². The zero-order chi connectivity index (χ0) is 18.6. The molecular weight excluding hydrogens is 342 g/mol. The van der Waals surface area contributed by atoms with Gasteiger partial charge in [0.1, 0.15) is 0 Å². The number of carbonyl (C=O) groups is 2. The Kier molecular flexibility index (Phi) is 4.65. The Morgan fingerprint density at radius 3 is 2.89 bits per heavy atom. The lowest BCUT2D eigenvalue weighted by molar-refractivity contribution is -0.128. The molecule has 3 aromatic rings. The highest BCUT2D eigenvalue weighted by molar-refractivity contribution is 5.97. The van der Waals surface area contributed by atoms with Crippen molar-refractivity contribution in [1.82, 2.24) is 19.7 Å². The molecule has 136 valence electrons. The first-order chi connectivity index (χ1) is 13.2. The zero-order valence-electron chi connectivity index (χ0n) is 14.7. The molecule has 0 bridgehead atoms. The predicted octanol–water partition coefficient (Wildman–Crippen LogP) is 2.25. The second kappa shape index (κ2) is 7.41. The first kappa shape index (κ1) is 17.0. The summed E-state index contributed by atoms with van der Waals surface area (Å²) in [5, 5.41) is 7.11. The van der Waals surface area contributed by atoms with Gasteiger partial charge in [-0.1, -0.05) is 12.1 Å². The van der Waals surface area contributed by atoms with Crippen molar-refractivity contribution in [1.29, 1.82) is 0 Å². The molecule has 1 unspecified atom stereocenters. The van der Waals surface area contributed by atoms with Crippen LogP contribution >= 0.6 is 0 Å². The Morgan fingerprint density at radius 2 is 2.11 bits per heavy atom. The third-order valence-corrected chi connectivity index (χ3v) is 4.56. The van der Waals surface area contributed by atoms with E-state index in [1.165, 1.54) is 0 Å². The van der Waals surface area contributed by atoms with E-state index >= 15 is 0 Å². The SMILES string of the molecule is O=C(Nc1cccc(-n2cccn2)c1)C1CC(=O)N(Cc2cccnc2)C1. The van der Waals surface area contributed by atoms with Gasteiger partial charge in [0.25, 0.3) is 0 Å². The number of carbonyl (C=O) groups excluding carboxylic acids is 2. The summed E-state index contributed by atoms with van der Waals surface area (Å²) in [7, 11) is 0. The van der Waals surface area contributed by atoms with Gasteiger partial charge in [0.2, 0.25) is 11.8 Å².